The number of alkyl halides is 3. The van der Waals surface area contributed by atoms with E-state index >= 15 is 0 Å². The van der Waals surface area contributed by atoms with Crippen LogP contribution in [0.25, 0.3) is 0 Å². The molecule has 4 nitrogen and oxygen atoms in total. The van der Waals surface area contributed by atoms with Gasteiger partial charge in [-0.2, -0.15) is 13.2 Å². The number of hydrogen-bond acceptors (Lipinski definition) is 5. The summed E-state index contributed by atoms with van der Waals surface area (Å²) in [6.45, 7) is 5.09. The van der Waals surface area contributed by atoms with E-state index < -0.39 is 33.8 Å². The van der Waals surface area contributed by atoms with Crippen LogP contribution in [0.15, 0.2) is 50.6 Å². The fourth-order valence-electron chi connectivity index (χ4n) is 2.24. The number of methoxy groups -OCH3 is 1. The molecule has 1 unspecified atom stereocenters. The van der Waals surface area contributed by atoms with Gasteiger partial charge in [-0.1, -0.05) is 39.9 Å². The predicted octanol–water partition coefficient (Wildman–Crippen LogP) is 6.18. The van der Waals surface area contributed by atoms with Crippen LogP contribution in [0.1, 0.15) is 42.3 Å². The van der Waals surface area contributed by atoms with Crippen LogP contribution in [-0.2, 0) is 22.3 Å². The molecule has 0 heterocycles. The highest BCUT2D eigenvalue weighted by atomic mass is 35.5. The standard InChI is InChI=1S/C20H19ClF3NO3S2/c1-19(2,3)30(27)25-11-12-9-13(21)10-15(20(22,23)24)17(12)29-16-8-6-5-7-14(16)18(26)28-4/h5-11H,1-4H3/b25-11+. The second-order valence-corrected chi connectivity index (χ2v) is 10.5. The highest BCUT2D eigenvalue weighted by molar-refractivity contribution is 7.99. The van der Waals surface area contributed by atoms with Crippen molar-refractivity contribution in [1.82, 2.24) is 0 Å². The second-order valence-electron chi connectivity index (χ2n) is 7.06. The van der Waals surface area contributed by atoms with Crippen LogP contribution in [0, 0.1) is 0 Å². The molecule has 2 rings (SSSR count). The van der Waals surface area contributed by atoms with Crippen LogP contribution < -0.4 is 0 Å². The van der Waals surface area contributed by atoms with E-state index in [0.29, 0.717) is 0 Å². The lowest BCUT2D eigenvalue weighted by Crippen LogP contribution is -2.25. The molecule has 0 bridgehead atoms. The molecule has 30 heavy (non-hydrogen) atoms. The summed E-state index contributed by atoms with van der Waals surface area (Å²) in [4.78, 5) is 12.1. The molecule has 2 aromatic carbocycles. The molecular weight excluding hydrogens is 459 g/mol. The summed E-state index contributed by atoms with van der Waals surface area (Å²) < 4.78 is 61.5. The summed E-state index contributed by atoms with van der Waals surface area (Å²) >= 11 is 4.98. The van der Waals surface area contributed by atoms with Crippen LogP contribution >= 0.6 is 23.4 Å². The van der Waals surface area contributed by atoms with Crippen molar-refractivity contribution in [3.63, 3.8) is 0 Å². The quantitative estimate of drug-likeness (QED) is 0.293. The maximum atomic E-state index is 13.8. The Morgan fingerprint density at radius 1 is 1.23 bits per heavy atom. The van der Waals surface area contributed by atoms with Crippen LogP contribution in [0.3, 0.4) is 0 Å². The van der Waals surface area contributed by atoms with Crippen molar-refractivity contribution >= 4 is 46.9 Å². The van der Waals surface area contributed by atoms with Crippen molar-refractivity contribution in [2.75, 3.05) is 7.11 Å². The Balaban J connectivity index is 2.65. The Bertz CT molecular complexity index is 959. The monoisotopic (exact) mass is 477 g/mol. The molecule has 0 aromatic heterocycles. The summed E-state index contributed by atoms with van der Waals surface area (Å²) in [6, 6.07) is 8.27. The maximum Gasteiger partial charge on any atom is 0.417 e. The van der Waals surface area contributed by atoms with Crippen LogP contribution in [0.4, 0.5) is 13.2 Å². The minimum Gasteiger partial charge on any atom is -0.591 e. The van der Waals surface area contributed by atoms with E-state index in [1.807, 2.05) is 0 Å². The lowest BCUT2D eigenvalue weighted by atomic mass is 10.1. The van der Waals surface area contributed by atoms with Gasteiger partial charge in [-0.3, -0.25) is 0 Å². The van der Waals surface area contributed by atoms with E-state index in [1.165, 1.54) is 25.3 Å². The number of halogens is 4. The van der Waals surface area contributed by atoms with Crippen LogP contribution in [-0.4, -0.2) is 28.6 Å². The third kappa shape index (κ3) is 6.16. The summed E-state index contributed by atoms with van der Waals surface area (Å²) in [7, 11) is 1.19. The van der Waals surface area contributed by atoms with E-state index in [0.717, 1.165) is 24.0 Å². The van der Waals surface area contributed by atoms with Gasteiger partial charge >= 0.3 is 12.1 Å². The largest absolute Gasteiger partial charge is 0.591 e. The average molecular weight is 478 g/mol. The summed E-state index contributed by atoms with van der Waals surface area (Å²) in [5, 5.41) is -0.143. The lowest BCUT2D eigenvalue weighted by molar-refractivity contribution is -0.139. The Kier molecular flexibility index (Phi) is 7.90. The number of hydrogen-bond donors (Lipinski definition) is 0. The summed E-state index contributed by atoms with van der Waals surface area (Å²) in [6.07, 6.45) is -3.59. The average Bonchev–Trinajstić information content (AvgIpc) is 2.65. The Hall–Kier alpha value is -1.68. The Morgan fingerprint density at radius 3 is 2.43 bits per heavy atom. The van der Waals surface area contributed by atoms with Gasteiger partial charge in [0.1, 0.15) is 16.1 Å². The lowest BCUT2D eigenvalue weighted by Gasteiger charge is -2.19. The minimum atomic E-state index is -4.71. The van der Waals surface area contributed by atoms with E-state index in [2.05, 4.69) is 4.40 Å². The van der Waals surface area contributed by atoms with Gasteiger partial charge < -0.3 is 9.29 Å². The molecule has 0 saturated carbocycles. The molecule has 0 aliphatic carbocycles. The highest BCUT2D eigenvalue weighted by Crippen LogP contribution is 2.43. The molecule has 0 aliphatic rings. The van der Waals surface area contributed by atoms with Crippen molar-refractivity contribution in [3.8, 4) is 0 Å². The van der Waals surface area contributed by atoms with E-state index in [1.54, 1.807) is 32.9 Å². The first-order valence-electron chi connectivity index (χ1n) is 8.56. The van der Waals surface area contributed by atoms with E-state index in [4.69, 9.17) is 16.3 Å². The topological polar surface area (TPSA) is 61.7 Å². The number of rotatable bonds is 5. The predicted molar refractivity (Wildman–Crippen MR) is 114 cm³/mol. The molecule has 0 saturated heterocycles. The molecule has 0 radical (unpaired) electrons. The zero-order chi connectivity index (χ0) is 22.7. The molecule has 10 heteroatoms. The van der Waals surface area contributed by atoms with Crippen molar-refractivity contribution in [2.45, 2.75) is 41.5 Å². The highest BCUT2D eigenvalue weighted by Gasteiger charge is 2.36. The van der Waals surface area contributed by atoms with Gasteiger partial charge in [-0.15, -0.1) is 0 Å². The summed E-state index contributed by atoms with van der Waals surface area (Å²) in [5.41, 5.74) is -0.825. The maximum absolute atomic E-state index is 13.8. The molecular formula is C20H19ClF3NO3S2. The van der Waals surface area contributed by atoms with Crippen LogP contribution in [0.5, 0.6) is 0 Å². The molecule has 0 aliphatic heterocycles. The summed E-state index contributed by atoms with van der Waals surface area (Å²) in [5.74, 6) is -0.676. The Labute approximate surface area is 185 Å². The van der Waals surface area contributed by atoms with Crippen LogP contribution in [0.2, 0.25) is 5.02 Å². The first kappa shape index (κ1) is 24.6. The minimum absolute atomic E-state index is 0.0390. The second kappa shape index (κ2) is 9.64. The van der Waals surface area contributed by atoms with Gasteiger partial charge in [0.15, 0.2) is 0 Å². The first-order valence-corrected chi connectivity index (χ1v) is 10.9. The van der Waals surface area contributed by atoms with Crippen molar-refractivity contribution in [1.29, 1.82) is 0 Å². The number of carbonyl (C=O) groups is 1. The number of ether oxygens (including phenoxy) is 1. The SMILES string of the molecule is COC(=O)c1ccccc1Sc1c(/C=N/[S+]([O-])C(C)(C)C)cc(Cl)cc1C(F)(F)F. The van der Waals surface area contributed by atoms with Crippen molar-refractivity contribution < 1.29 is 27.3 Å². The zero-order valence-corrected chi connectivity index (χ0v) is 18.9. The van der Waals surface area contributed by atoms with Gasteiger partial charge in [-0.05, 0) is 45.0 Å². The molecule has 1 atom stereocenters. The van der Waals surface area contributed by atoms with Gasteiger partial charge in [-0.25, -0.2) is 4.79 Å². The molecule has 0 fully saturated rings. The molecule has 162 valence electrons. The van der Waals surface area contributed by atoms with Gasteiger partial charge in [0.25, 0.3) is 0 Å². The molecule has 0 amide bonds. The Morgan fingerprint density at radius 2 is 1.87 bits per heavy atom. The number of benzene rings is 2. The van der Waals surface area contributed by atoms with Gasteiger partial charge in [0, 0.05) is 20.4 Å². The van der Waals surface area contributed by atoms with Gasteiger partial charge in [0.2, 0.25) is 0 Å². The fraction of sp³-hybridized carbons (Fsp3) is 0.300. The van der Waals surface area contributed by atoms with Gasteiger partial charge in [0.05, 0.1) is 24.5 Å². The smallest absolute Gasteiger partial charge is 0.417 e. The molecule has 0 spiro atoms. The molecule has 0 N–H and O–H groups in total. The fourth-order valence-corrected chi connectivity index (χ4v) is 4.14. The van der Waals surface area contributed by atoms with Crippen molar-refractivity contribution in [3.05, 3.63) is 58.1 Å². The number of nitrogens with zero attached hydrogens (tertiary/aromatic N) is 1. The third-order valence-corrected chi connectivity index (χ3v) is 6.50. The zero-order valence-electron chi connectivity index (χ0n) is 16.5. The molecule has 2 aromatic rings. The number of carbonyl (C=O) groups excluding carboxylic acids is 1. The third-order valence-electron chi connectivity index (χ3n) is 3.70. The van der Waals surface area contributed by atoms with Crippen molar-refractivity contribution in [2.24, 2.45) is 4.40 Å². The first-order chi connectivity index (χ1) is 13.8. The normalized spacial score (nSPS) is 13.5. The van der Waals surface area contributed by atoms with E-state index in [-0.39, 0.29) is 25.9 Å². The van der Waals surface area contributed by atoms with E-state index in [9.17, 15) is 22.5 Å². The number of esters is 1.